The van der Waals surface area contributed by atoms with Crippen LogP contribution in [0.5, 0.6) is 0 Å². The molecule has 124 valence electrons. The van der Waals surface area contributed by atoms with Crippen molar-refractivity contribution in [1.82, 2.24) is 10.2 Å². The number of rotatable bonds is 5. The van der Waals surface area contributed by atoms with Gasteiger partial charge in [-0.05, 0) is 19.2 Å². The van der Waals surface area contributed by atoms with E-state index in [1.165, 1.54) is 11.0 Å². The van der Waals surface area contributed by atoms with Crippen LogP contribution in [0.15, 0.2) is 35.5 Å². The molecule has 1 aromatic rings. The number of ether oxygens (including phenoxy) is 1. The van der Waals surface area contributed by atoms with Crippen molar-refractivity contribution < 1.29 is 18.7 Å². The van der Waals surface area contributed by atoms with Gasteiger partial charge in [0.25, 0.3) is 0 Å². The quantitative estimate of drug-likeness (QED) is 0.662. The third kappa shape index (κ3) is 3.67. The summed E-state index contributed by atoms with van der Waals surface area (Å²) in [6.07, 6.45) is 1.91. The number of urea groups is 1. The highest BCUT2D eigenvalue weighted by molar-refractivity contribution is 7.98. The van der Waals surface area contributed by atoms with E-state index in [9.17, 15) is 14.0 Å². The second kappa shape index (κ2) is 7.50. The molecular weight excluding hydrogens is 319 g/mol. The van der Waals surface area contributed by atoms with Gasteiger partial charge >= 0.3 is 12.0 Å². The second-order valence-corrected chi connectivity index (χ2v) is 6.08. The molecule has 5 nitrogen and oxygen atoms in total. The van der Waals surface area contributed by atoms with Crippen LogP contribution in [-0.4, -0.2) is 42.6 Å². The Labute approximate surface area is 138 Å². The van der Waals surface area contributed by atoms with Crippen LogP contribution in [0, 0.1) is 5.82 Å². The Kier molecular flexibility index (Phi) is 5.65. The molecule has 1 heterocycles. The molecule has 1 N–H and O–H groups in total. The maximum absolute atomic E-state index is 14.1. The number of nitrogens with one attached hydrogen (secondary N) is 1. The predicted octanol–water partition coefficient (Wildman–Crippen LogP) is 2.70. The van der Waals surface area contributed by atoms with E-state index in [-0.39, 0.29) is 17.7 Å². The summed E-state index contributed by atoms with van der Waals surface area (Å²) in [4.78, 5) is 25.8. The van der Waals surface area contributed by atoms with Crippen LogP contribution in [0.3, 0.4) is 0 Å². The summed E-state index contributed by atoms with van der Waals surface area (Å²) < 4.78 is 19.4. The van der Waals surface area contributed by atoms with Gasteiger partial charge < -0.3 is 15.0 Å². The largest absolute Gasteiger partial charge is 0.461 e. The standard InChI is InChI=1S/C16H19FN2O3S/c1-10-13(15(20)22-8-9-23-3)14(18-16(21)19(10)2)11-6-4-5-7-12(11)17/h4-7,14H,8-9H2,1-3H3,(H,18,21)/t14-/m1/s1. The number of allylic oxidation sites excluding steroid dienone is 1. The number of hydrogen-bond donors (Lipinski definition) is 1. The van der Waals surface area contributed by atoms with Gasteiger partial charge in [0.1, 0.15) is 12.4 Å². The lowest BCUT2D eigenvalue weighted by Gasteiger charge is -2.33. The molecule has 0 fully saturated rings. The molecule has 2 rings (SSSR count). The molecule has 0 aliphatic carbocycles. The number of benzene rings is 1. The zero-order valence-electron chi connectivity index (χ0n) is 13.3. The molecule has 1 atom stereocenters. The first-order valence-electron chi connectivity index (χ1n) is 7.12. The Hall–Kier alpha value is -2.02. The molecule has 1 aliphatic heterocycles. The first-order valence-corrected chi connectivity index (χ1v) is 8.52. The number of esters is 1. The number of hydrogen-bond acceptors (Lipinski definition) is 4. The maximum Gasteiger partial charge on any atom is 0.338 e. The van der Waals surface area contributed by atoms with E-state index in [0.29, 0.717) is 11.4 Å². The molecule has 0 aromatic heterocycles. The first-order chi connectivity index (χ1) is 11.0. The lowest BCUT2D eigenvalue weighted by molar-refractivity contribution is -0.139. The number of nitrogens with zero attached hydrogens (tertiary/aromatic N) is 1. The smallest absolute Gasteiger partial charge is 0.338 e. The molecule has 0 saturated heterocycles. The molecule has 7 heteroatoms. The molecule has 0 unspecified atom stereocenters. The Bertz CT molecular complexity index is 648. The molecule has 23 heavy (non-hydrogen) atoms. The third-order valence-corrected chi connectivity index (χ3v) is 4.29. The van der Waals surface area contributed by atoms with Gasteiger partial charge in [0.2, 0.25) is 0 Å². The van der Waals surface area contributed by atoms with Crippen molar-refractivity contribution in [3.63, 3.8) is 0 Å². The summed E-state index contributed by atoms with van der Waals surface area (Å²) in [6, 6.07) is 4.82. The van der Waals surface area contributed by atoms with Gasteiger partial charge in [-0.25, -0.2) is 14.0 Å². The van der Waals surface area contributed by atoms with Crippen molar-refractivity contribution in [2.24, 2.45) is 0 Å². The summed E-state index contributed by atoms with van der Waals surface area (Å²) in [7, 11) is 1.55. The van der Waals surface area contributed by atoms with Gasteiger partial charge in [-0.1, -0.05) is 18.2 Å². The summed E-state index contributed by atoms with van der Waals surface area (Å²) in [5.41, 5.74) is 0.944. The van der Waals surface area contributed by atoms with Crippen molar-refractivity contribution >= 4 is 23.8 Å². The number of carbonyl (C=O) groups is 2. The van der Waals surface area contributed by atoms with Crippen LogP contribution in [0.2, 0.25) is 0 Å². The van der Waals surface area contributed by atoms with Crippen molar-refractivity contribution in [1.29, 1.82) is 0 Å². The highest BCUT2D eigenvalue weighted by Gasteiger charge is 2.36. The van der Waals surface area contributed by atoms with Crippen molar-refractivity contribution in [3.05, 3.63) is 46.9 Å². The van der Waals surface area contributed by atoms with E-state index < -0.39 is 23.9 Å². The van der Waals surface area contributed by atoms with Crippen molar-refractivity contribution in [2.45, 2.75) is 13.0 Å². The van der Waals surface area contributed by atoms with Crippen LogP contribution in [0.1, 0.15) is 18.5 Å². The number of halogens is 1. The fourth-order valence-corrected chi connectivity index (χ4v) is 2.59. The predicted molar refractivity (Wildman–Crippen MR) is 87.5 cm³/mol. The van der Waals surface area contributed by atoms with Gasteiger partial charge in [0.05, 0.1) is 11.6 Å². The van der Waals surface area contributed by atoms with Crippen molar-refractivity contribution in [3.8, 4) is 0 Å². The average molecular weight is 338 g/mol. The van der Waals surface area contributed by atoms with Crippen LogP contribution in [0.4, 0.5) is 9.18 Å². The Morgan fingerprint density at radius 1 is 1.43 bits per heavy atom. The Morgan fingerprint density at radius 3 is 2.78 bits per heavy atom. The van der Waals surface area contributed by atoms with E-state index in [1.54, 1.807) is 43.9 Å². The zero-order chi connectivity index (χ0) is 17.0. The van der Waals surface area contributed by atoms with Crippen LogP contribution in [-0.2, 0) is 9.53 Å². The van der Waals surface area contributed by atoms with E-state index in [1.807, 2.05) is 6.26 Å². The number of thioether (sulfide) groups is 1. The fourth-order valence-electron chi connectivity index (χ4n) is 2.34. The summed E-state index contributed by atoms with van der Waals surface area (Å²) >= 11 is 1.56. The van der Waals surface area contributed by atoms with Gasteiger partial charge in [0, 0.05) is 24.1 Å². The minimum Gasteiger partial charge on any atom is -0.461 e. The third-order valence-electron chi connectivity index (χ3n) is 3.71. The van der Waals surface area contributed by atoms with Crippen LogP contribution >= 0.6 is 11.8 Å². The Balaban J connectivity index is 2.40. The molecule has 1 aliphatic rings. The van der Waals surface area contributed by atoms with E-state index in [4.69, 9.17) is 4.74 Å². The average Bonchev–Trinajstić information content (AvgIpc) is 2.53. The number of carbonyl (C=O) groups excluding carboxylic acids is 2. The maximum atomic E-state index is 14.1. The molecule has 2 amide bonds. The van der Waals surface area contributed by atoms with Crippen molar-refractivity contribution in [2.75, 3.05) is 25.7 Å². The van der Waals surface area contributed by atoms with Gasteiger partial charge in [-0.3, -0.25) is 0 Å². The number of amides is 2. The van der Waals surface area contributed by atoms with E-state index in [0.717, 1.165) is 0 Å². The molecule has 0 spiro atoms. The normalized spacial score (nSPS) is 18.0. The van der Waals surface area contributed by atoms with Gasteiger partial charge in [0.15, 0.2) is 0 Å². The summed E-state index contributed by atoms with van der Waals surface area (Å²) in [5.74, 6) is -0.355. The van der Waals surface area contributed by atoms with Gasteiger partial charge in [-0.15, -0.1) is 0 Å². The molecule has 0 radical (unpaired) electrons. The molecule has 0 bridgehead atoms. The SMILES string of the molecule is CSCCOC(=O)C1=C(C)N(C)C(=O)N[C@@H]1c1ccccc1F. The monoisotopic (exact) mass is 338 g/mol. The van der Waals surface area contributed by atoms with Crippen LogP contribution < -0.4 is 5.32 Å². The topological polar surface area (TPSA) is 58.6 Å². The highest BCUT2D eigenvalue weighted by Crippen LogP contribution is 2.31. The minimum atomic E-state index is -0.860. The summed E-state index contributed by atoms with van der Waals surface area (Å²) in [5, 5.41) is 2.66. The molecular formula is C16H19FN2O3S. The fraction of sp³-hybridized carbons (Fsp3) is 0.375. The second-order valence-electron chi connectivity index (χ2n) is 5.09. The lowest BCUT2D eigenvalue weighted by atomic mass is 9.94. The van der Waals surface area contributed by atoms with Crippen LogP contribution in [0.25, 0.3) is 0 Å². The van der Waals surface area contributed by atoms with E-state index in [2.05, 4.69) is 5.32 Å². The molecule has 0 saturated carbocycles. The lowest BCUT2D eigenvalue weighted by Crippen LogP contribution is -2.46. The Morgan fingerprint density at radius 2 is 2.13 bits per heavy atom. The first kappa shape index (κ1) is 17.3. The molecule has 1 aromatic carbocycles. The highest BCUT2D eigenvalue weighted by atomic mass is 32.2. The summed E-state index contributed by atoms with van der Waals surface area (Å²) in [6.45, 7) is 1.91. The minimum absolute atomic E-state index is 0.241. The van der Waals surface area contributed by atoms with Gasteiger partial charge in [-0.2, -0.15) is 11.8 Å². The zero-order valence-corrected chi connectivity index (χ0v) is 14.1. The van der Waals surface area contributed by atoms with E-state index >= 15 is 0 Å².